The van der Waals surface area contributed by atoms with Crippen molar-refractivity contribution in [3.63, 3.8) is 0 Å². The number of nitrogens with one attached hydrogen (secondary N) is 1. The number of aliphatic hydroxyl groups is 1. The van der Waals surface area contributed by atoms with Crippen molar-refractivity contribution in [3.8, 4) is 0 Å². The van der Waals surface area contributed by atoms with Gasteiger partial charge in [0.1, 0.15) is 11.4 Å². The number of aliphatic imine (C=N–C) groups is 1. The topological polar surface area (TPSA) is 44.6 Å². The zero-order chi connectivity index (χ0) is 9.78. The zero-order valence-corrected chi connectivity index (χ0v) is 9.44. The molecule has 0 spiro atoms. The average Bonchev–Trinajstić information content (AvgIpc) is 1.85. The SMILES string of the molecule is CN/C(=N\C=C(/C)Br)C(C)(C)O. The molecule has 0 saturated heterocycles. The summed E-state index contributed by atoms with van der Waals surface area (Å²) >= 11 is 3.24. The van der Waals surface area contributed by atoms with Crippen LogP contribution in [-0.2, 0) is 0 Å². The molecule has 0 rings (SSSR count). The quantitative estimate of drug-likeness (QED) is 0.564. The Kier molecular flexibility index (Phi) is 4.49. The molecule has 2 N–H and O–H groups in total. The third-order valence-corrected chi connectivity index (χ3v) is 1.39. The number of hydrogen-bond donors (Lipinski definition) is 2. The Bertz CT molecular complexity index is 200. The van der Waals surface area contributed by atoms with E-state index < -0.39 is 5.60 Å². The molecule has 0 unspecified atom stereocenters. The van der Waals surface area contributed by atoms with Gasteiger partial charge >= 0.3 is 0 Å². The number of halogens is 1. The van der Waals surface area contributed by atoms with Crippen LogP contribution >= 0.6 is 15.9 Å². The summed E-state index contributed by atoms with van der Waals surface area (Å²) in [5.41, 5.74) is -0.923. The highest BCUT2D eigenvalue weighted by molar-refractivity contribution is 9.11. The molecule has 12 heavy (non-hydrogen) atoms. The zero-order valence-electron chi connectivity index (χ0n) is 7.85. The van der Waals surface area contributed by atoms with Crippen LogP contribution < -0.4 is 5.32 Å². The van der Waals surface area contributed by atoms with Crippen molar-refractivity contribution in [1.29, 1.82) is 0 Å². The van der Waals surface area contributed by atoms with Gasteiger partial charge in [0.05, 0.1) is 0 Å². The lowest BCUT2D eigenvalue weighted by atomic mass is 10.1. The molecule has 0 aromatic carbocycles. The molecule has 0 aliphatic rings. The molecular formula is C8H15BrN2O. The van der Waals surface area contributed by atoms with Crippen LogP contribution in [0.2, 0.25) is 0 Å². The molecule has 0 aliphatic carbocycles. The van der Waals surface area contributed by atoms with Crippen LogP contribution in [0, 0.1) is 0 Å². The van der Waals surface area contributed by atoms with E-state index in [2.05, 4.69) is 26.2 Å². The van der Waals surface area contributed by atoms with Gasteiger partial charge in [0, 0.05) is 17.7 Å². The first-order valence-corrected chi connectivity index (χ1v) is 4.48. The van der Waals surface area contributed by atoms with Crippen LogP contribution in [0.5, 0.6) is 0 Å². The van der Waals surface area contributed by atoms with E-state index in [4.69, 9.17) is 0 Å². The third kappa shape index (κ3) is 4.51. The van der Waals surface area contributed by atoms with Crippen molar-refractivity contribution in [1.82, 2.24) is 5.32 Å². The summed E-state index contributed by atoms with van der Waals surface area (Å²) in [7, 11) is 1.73. The first kappa shape index (κ1) is 11.6. The molecule has 0 atom stereocenters. The van der Waals surface area contributed by atoms with E-state index in [1.54, 1.807) is 27.1 Å². The average molecular weight is 235 g/mol. The van der Waals surface area contributed by atoms with Gasteiger partial charge in [-0.2, -0.15) is 0 Å². The Balaban J connectivity index is 4.57. The fourth-order valence-electron chi connectivity index (χ4n) is 0.682. The number of amidine groups is 1. The molecule has 0 aromatic heterocycles. The van der Waals surface area contributed by atoms with Crippen LogP contribution in [0.1, 0.15) is 20.8 Å². The van der Waals surface area contributed by atoms with E-state index >= 15 is 0 Å². The lowest BCUT2D eigenvalue weighted by molar-refractivity contribution is 0.150. The summed E-state index contributed by atoms with van der Waals surface area (Å²) in [6, 6.07) is 0. The van der Waals surface area contributed by atoms with Gasteiger partial charge in [0.15, 0.2) is 0 Å². The molecular weight excluding hydrogens is 220 g/mol. The Morgan fingerprint density at radius 3 is 2.33 bits per heavy atom. The highest BCUT2D eigenvalue weighted by Crippen LogP contribution is 2.06. The summed E-state index contributed by atoms with van der Waals surface area (Å²) in [5, 5.41) is 12.4. The molecule has 0 heterocycles. The van der Waals surface area contributed by atoms with Gasteiger partial charge in [-0.1, -0.05) is 15.9 Å². The second kappa shape index (κ2) is 4.62. The minimum atomic E-state index is -0.923. The van der Waals surface area contributed by atoms with E-state index in [0.717, 1.165) is 4.48 Å². The van der Waals surface area contributed by atoms with Crippen molar-refractivity contribution in [2.75, 3.05) is 7.05 Å². The second-order valence-electron chi connectivity index (χ2n) is 3.00. The van der Waals surface area contributed by atoms with Crippen LogP contribution in [0.15, 0.2) is 15.7 Å². The monoisotopic (exact) mass is 234 g/mol. The fourth-order valence-corrected chi connectivity index (χ4v) is 0.784. The summed E-state index contributed by atoms with van der Waals surface area (Å²) < 4.78 is 0.916. The van der Waals surface area contributed by atoms with Crippen LogP contribution in [0.4, 0.5) is 0 Å². The van der Waals surface area contributed by atoms with Crippen molar-refractivity contribution >= 4 is 21.8 Å². The van der Waals surface area contributed by atoms with E-state index in [1.807, 2.05) is 6.92 Å². The summed E-state index contributed by atoms with van der Waals surface area (Å²) in [4.78, 5) is 4.06. The predicted octanol–water partition coefficient (Wildman–Crippen LogP) is 1.63. The predicted molar refractivity (Wildman–Crippen MR) is 55.5 cm³/mol. The molecule has 0 saturated carbocycles. The van der Waals surface area contributed by atoms with Crippen molar-refractivity contribution in [2.24, 2.45) is 4.99 Å². The molecule has 0 aliphatic heterocycles. The van der Waals surface area contributed by atoms with E-state index in [-0.39, 0.29) is 0 Å². The minimum Gasteiger partial charge on any atom is -0.383 e. The van der Waals surface area contributed by atoms with Crippen LogP contribution in [-0.4, -0.2) is 23.6 Å². The maximum absolute atomic E-state index is 9.55. The van der Waals surface area contributed by atoms with Gasteiger partial charge in [-0.3, -0.25) is 0 Å². The van der Waals surface area contributed by atoms with Gasteiger partial charge in [0.25, 0.3) is 0 Å². The number of allylic oxidation sites excluding steroid dienone is 1. The first-order valence-electron chi connectivity index (χ1n) is 3.68. The minimum absolute atomic E-state index is 0.543. The third-order valence-electron chi connectivity index (χ3n) is 1.19. The van der Waals surface area contributed by atoms with E-state index in [0.29, 0.717) is 5.84 Å². The number of nitrogens with zero attached hydrogens (tertiary/aromatic N) is 1. The van der Waals surface area contributed by atoms with Crippen molar-refractivity contribution in [2.45, 2.75) is 26.4 Å². The Hall–Kier alpha value is -0.350. The molecule has 4 heteroatoms. The Labute approximate surface area is 81.7 Å². The van der Waals surface area contributed by atoms with Gasteiger partial charge < -0.3 is 10.4 Å². The van der Waals surface area contributed by atoms with Gasteiger partial charge in [-0.15, -0.1) is 0 Å². The van der Waals surface area contributed by atoms with E-state index in [1.165, 1.54) is 0 Å². The highest BCUT2D eigenvalue weighted by Gasteiger charge is 2.18. The van der Waals surface area contributed by atoms with Gasteiger partial charge in [-0.25, -0.2) is 4.99 Å². The van der Waals surface area contributed by atoms with Gasteiger partial charge in [-0.05, 0) is 20.8 Å². The van der Waals surface area contributed by atoms with Crippen LogP contribution in [0.3, 0.4) is 0 Å². The molecule has 0 aromatic rings. The summed E-state index contributed by atoms with van der Waals surface area (Å²) in [5.74, 6) is 0.543. The molecule has 3 nitrogen and oxygen atoms in total. The van der Waals surface area contributed by atoms with Gasteiger partial charge in [0.2, 0.25) is 0 Å². The molecule has 0 bridgehead atoms. The molecule has 0 fully saturated rings. The fraction of sp³-hybridized carbons (Fsp3) is 0.625. The lowest BCUT2D eigenvalue weighted by Gasteiger charge is -2.18. The maximum atomic E-state index is 9.55. The molecule has 0 radical (unpaired) electrons. The largest absolute Gasteiger partial charge is 0.383 e. The first-order chi connectivity index (χ1) is 5.38. The number of likely N-dealkylation sites (N-methyl/N-ethyl adjacent to an activating group) is 1. The summed E-state index contributed by atoms with van der Waals surface area (Å²) in [6.45, 7) is 5.24. The molecule has 70 valence electrons. The smallest absolute Gasteiger partial charge is 0.133 e. The lowest BCUT2D eigenvalue weighted by Crippen LogP contribution is -2.40. The number of hydrogen-bond acceptors (Lipinski definition) is 2. The maximum Gasteiger partial charge on any atom is 0.133 e. The van der Waals surface area contributed by atoms with Crippen molar-refractivity contribution < 1.29 is 5.11 Å². The molecule has 0 amide bonds. The standard InChI is InChI=1S/C8H15BrN2O/c1-6(9)5-11-7(10-4)8(2,3)12/h5,12H,1-4H3,(H,10,11)/b6-5+. The number of rotatable bonds is 2. The second-order valence-corrected chi connectivity index (χ2v) is 4.25. The highest BCUT2D eigenvalue weighted by atomic mass is 79.9. The normalized spacial score (nSPS) is 14.8. The van der Waals surface area contributed by atoms with Crippen molar-refractivity contribution in [3.05, 3.63) is 10.7 Å². The summed E-state index contributed by atoms with van der Waals surface area (Å²) in [6.07, 6.45) is 1.64. The van der Waals surface area contributed by atoms with Crippen LogP contribution in [0.25, 0.3) is 0 Å². The Morgan fingerprint density at radius 2 is 2.08 bits per heavy atom. The van der Waals surface area contributed by atoms with E-state index in [9.17, 15) is 5.11 Å². The Morgan fingerprint density at radius 1 is 1.58 bits per heavy atom.